The maximum atomic E-state index is 12.5. The molecular weight excluding hydrogens is 378 g/mol. The molecule has 1 aliphatic rings. The molecule has 0 unspecified atom stereocenters. The van der Waals surface area contributed by atoms with Crippen LogP contribution in [0.15, 0.2) is 24.3 Å². The number of imide groups is 1. The second-order valence-electron chi connectivity index (χ2n) is 6.90. The van der Waals surface area contributed by atoms with Crippen LogP contribution in [0.5, 0.6) is 5.75 Å². The second-order valence-corrected chi connectivity index (χ2v) is 6.90. The summed E-state index contributed by atoms with van der Waals surface area (Å²) in [7, 11) is 0. The summed E-state index contributed by atoms with van der Waals surface area (Å²) in [6, 6.07) is 6.23. The number of nitrogens with one attached hydrogen (secondary N) is 2. The largest absolute Gasteiger partial charge is 0.492 e. The molecule has 1 atom stereocenters. The fraction of sp³-hybridized carbons (Fsp3) is 0.500. The highest BCUT2D eigenvalue weighted by Crippen LogP contribution is 2.24. The quantitative estimate of drug-likeness (QED) is 0.455. The van der Waals surface area contributed by atoms with E-state index in [1.165, 1.54) is 0 Å². The van der Waals surface area contributed by atoms with Crippen LogP contribution in [0.2, 0.25) is 0 Å². The topological polar surface area (TPSA) is 114 Å². The smallest absolute Gasteiger partial charge is 0.326 e. The van der Waals surface area contributed by atoms with Gasteiger partial charge in [0.25, 0.3) is 11.8 Å². The van der Waals surface area contributed by atoms with E-state index in [0.29, 0.717) is 24.5 Å². The molecule has 2 N–H and O–H groups in total. The number of benzene rings is 1. The summed E-state index contributed by atoms with van der Waals surface area (Å²) in [5, 5.41) is 5.22. The van der Waals surface area contributed by atoms with E-state index in [1.807, 2.05) is 13.8 Å². The van der Waals surface area contributed by atoms with Crippen molar-refractivity contribution in [1.82, 2.24) is 10.2 Å². The predicted molar refractivity (Wildman–Crippen MR) is 105 cm³/mol. The van der Waals surface area contributed by atoms with Crippen molar-refractivity contribution in [1.29, 1.82) is 0 Å². The zero-order valence-corrected chi connectivity index (χ0v) is 16.9. The summed E-state index contributed by atoms with van der Waals surface area (Å²) in [5.41, 5.74) is -0.565. The molecule has 29 heavy (non-hydrogen) atoms. The molecule has 1 saturated heterocycles. The van der Waals surface area contributed by atoms with Crippen LogP contribution in [0.4, 0.5) is 10.5 Å². The minimum atomic E-state index is -1.02. The number of nitrogens with zero attached hydrogens (tertiary/aromatic N) is 1. The average Bonchev–Trinajstić information content (AvgIpc) is 2.90. The Morgan fingerprint density at radius 3 is 2.62 bits per heavy atom. The molecule has 4 amide bonds. The Hall–Kier alpha value is -3.10. The molecule has 1 aliphatic heterocycles. The molecule has 9 heteroatoms. The van der Waals surface area contributed by atoms with E-state index in [-0.39, 0.29) is 0 Å². The van der Waals surface area contributed by atoms with Crippen molar-refractivity contribution >= 4 is 29.5 Å². The van der Waals surface area contributed by atoms with Gasteiger partial charge in [0, 0.05) is 0 Å². The number of ether oxygens (including phenoxy) is 2. The molecular formula is C20H27N3O6. The highest BCUT2D eigenvalue weighted by atomic mass is 16.5. The lowest BCUT2D eigenvalue weighted by Gasteiger charge is -2.21. The standard InChI is InChI=1S/C20H27N3O6/c1-4-6-11-20(3)18(26)23(19(27)22-20)12-17(25)29-13-16(24)21-14-9-7-8-10-15(14)28-5-2/h7-10H,4-6,11-13H2,1-3H3,(H,21,24)(H,22,27)/t20-/m0/s1. The summed E-state index contributed by atoms with van der Waals surface area (Å²) in [4.78, 5) is 49.5. The van der Waals surface area contributed by atoms with Gasteiger partial charge in [-0.25, -0.2) is 4.79 Å². The van der Waals surface area contributed by atoms with Crippen molar-refractivity contribution in [2.75, 3.05) is 25.1 Å². The van der Waals surface area contributed by atoms with E-state index in [4.69, 9.17) is 9.47 Å². The zero-order chi connectivity index (χ0) is 21.4. The highest BCUT2D eigenvalue weighted by molar-refractivity contribution is 6.08. The van der Waals surface area contributed by atoms with Crippen molar-refractivity contribution in [2.24, 2.45) is 0 Å². The van der Waals surface area contributed by atoms with Crippen LogP contribution in [0, 0.1) is 0 Å². The number of unbranched alkanes of at least 4 members (excludes halogenated alkanes) is 1. The number of para-hydroxylation sites is 2. The van der Waals surface area contributed by atoms with Gasteiger partial charge in [-0.3, -0.25) is 19.3 Å². The lowest BCUT2D eigenvalue weighted by Crippen LogP contribution is -2.44. The van der Waals surface area contributed by atoms with Gasteiger partial charge in [0.15, 0.2) is 6.61 Å². The third-order valence-electron chi connectivity index (χ3n) is 4.49. The first-order valence-corrected chi connectivity index (χ1v) is 9.62. The van der Waals surface area contributed by atoms with E-state index in [0.717, 1.165) is 17.7 Å². The number of anilines is 1. The van der Waals surface area contributed by atoms with Gasteiger partial charge in [0.05, 0.1) is 12.3 Å². The number of esters is 1. The van der Waals surface area contributed by atoms with Crippen molar-refractivity contribution in [3.63, 3.8) is 0 Å². The maximum Gasteiger partial charge on any atom is 0.326 e. The van der Waals surface area contributed by atoms with Crippen LogP contribution in [-0.4, -0.2) is 54.0 Å². The van der Waals surface area contributed by atoms with E-state index < -0.39 is 42.5 Å². The number of carbonyl (C=O) groups is 4. The minimum Gasteiger partial charge on any atom is -0.492 e. The van der Waals surface area contributed by atoms with Gasteiger partial charge in [-0.15, -0.1) is 0 Å². The van der Waals surface area contributed by atoms with Gasteiger partial charge >= 0.3 is 12.0 Å². The molecule has 1 aromatic rings. The Bertz CT molecular complexity index is 781. The molecule has 158 valence electrons. The molecule has 1 aromatic carbocycles. The second kappa shape index (κ2) is 9.90. The molecule has 0 aromatic heterocycles. The van der Waals surface area contributed by atoms with E-state index in [2.05, 4.69) is 10.6 Å². The van der Waals surface area contributed by atoms with Crippen molar-refractivity contribution in [3.05, 3.63) is 24.3 Å². The lowest BCUT2D eigenvalue weighted by atomic mass is 9.95. The Morgan fingerprint density at radius 1 is 1.21 bits per heavy atom. The van der Waals surface area contributed by atoms with Crippen LogP contribution in [0.1, 0.15) is 40.0 Å². The monoisotopic (exact) mass is 405 g/mol. The fourth-order valence-electron chi connectivity index (χ4n) is 2.95. The van der Waals surface area contributed by atoms with Crippen LogP contribution in [0.25, 0.3) is 0 Å². The highest BCUT2D eigenvalue weighted by Gasteiger charge is 2.47. The van der Waals surface area contributed by atoms with Gasteiger partial charge in [-0.1, -0.05) is 31.9 Å². The molecule has 0 spiro atoms. The van der Waals surface area contributed by atoms with Gasteiger partial charge in [0.1, 0.15) is 17.8 Å². The van der Waals surface area contributed by atoms with E-state index in [1.54, 1.807) is 31.2 Å². The number of amides is 4. The molecule has 0 bridgehead atoms. The predicted octanol–water partition coefficient (Wildman–Crippen LogP) is 2.07. The van der Waals surface area contributed by atoms with Crippen LogP contribution in [0.3, 0.4) is 0 Å². The average molecular weight is 405 g/mol. The Balaban J connectivity index is 1.86. The van der Waals surface area contributed by atoms with Gasteiger partial charge in [0.2, 0.25) is 0 Å². The molecule has 0 saturated carbocycles. The van der Waals surface area contributed by atoms with E-state index >= 15 is 0 Å². The first-order chi connectivity index (χ1) is 13.8. The number of rotatable bonds is 10. The van der Waals surface area contributed by atoms with Crippen molar-refractivity contribution in [3.8, 4) is 5.75 Å². The van der Waals surface area contributed by atoms with E-state index in [9.17, 15) is 19.2 Å². The van der Waals surface area contributed by atoms with Gasteiger partial charge in [-0.05, 0) is 32.4 Å². The zero-order valence-electron chi connectivity index (χ0n) is 16.9. The van der Waals surface area contributed by atoms with Gasteiger partial charge < -0.3 is 20.1 Å². The molecule has 1 heterocycles. The number of carbonyl (C=O) groups excluding carboxylic acids is 4. The van der Waals surface area contributed by atoms with Gasteiger partial charge in [-0.2, -0.15) is 0 Å². The maximum absolute atomic E-state index is 12.5. The van der Waals surface area contributed by atoms with Crippen molar-refractivity contribution in [2.45, 2.75) is 45.6 Å². The lowest BCUT2D eigenvalue weighted by molar-refractivity contribution is -0.150. The molecule has 1 fully saturated rings. The van der Waals surface area contributed by atoms with Crippen LogP contribution in [-0.2, 0) is 19.1 Å². The molecule has 0 aliphatic carbocycles. The third-order valence-corrected chi connectivity index (χ3v) is 4.49. The summed E-state index contributed by atoms with van der Waals surface area (Å²) >= 11 is 0. The molecule has 2 rings (SSSR count). The number of urea groups is 1. The third kappa shape index (κ3) is 5.69. The van der Waals surface area contributed by atoms with Crippen LogP contribution >= 0.6 is 0 Å². The van der Waals surface area contributed by atoms with Crippen molar-refractivity contribution < 1.29 is 28.7 Å². The summed E-state index contributed by atoms with van der Waals surface area (Å²) in [6.07, 6.45) is 2.13. The molecule has 0 radical (unpaired) electrons. The minimum absolute atomic E-state index is 0.435. The van der Waals surface area contributed by atoms with Crippen LogP contribution < -0.4 is 15.4 Å². The first kappa shape index (κ1) is 22.2. The molecule has 9 nitrogen and oxygen atoms in total. The number of hydrogen-bond acceptors (Lipinski definition) is 6. The Kier molecular flexibility index (Phi) is 7.58. The fourth-order valence-corrected chi connectivity index (χ4v) is 2.95. The first-order valence-electron chi connectivity index (χ1n) is 9.62. The normalized spacial score (nSPS) is 18.4. The summed E-state index contributed by atoms with van der Waals surface area (Å²) < 4.78 is 10.3. The number of hydrogen-bond donors (Lipinski definition) is 2. The summed E-state index contributed by atoms with van der Waals surface area (Å²) in [5.74, 6) is -1.37. The Labute approximate surface area is 169 Å². The Morgan fingerprint density at radius 2 is 1.93 bits per heavy atom. The SMILES string of the molecule is CCCC[C@]1(C)NC(=O)N(CC(=O)OCC(=O)Nc2ccccc2OCC)C1=O. The summed E-state index contributed by atoms with van der Waals surface area (Å²) in [6.45, 7) is 4.79.